The average Bonchev–Trinajstić information content (AvgIpc) is 3.17. The van der Waals surface area contributed by atoms with E-state index in [4.69, 9.17) is 5.73 Å². The Balaban J connectivity index is 2.06. The number of aliphatic carboxylic acids is 1. The molecular weight excluding hydrogens is 438 g/mol. The zero-order chi connectivity index (χ0) is 23.8. The fourth-order valence-corrected chi connectivity index (χ4v) is 3.21. The molecule has 0 aliphatic rings. The number of aromatic nitrogens is 1. The van der Waals surface area contributed by atoms with Crippen LogP contribution in [0.3, 0.4) is 0 Å². The number of nitrogens with two attached hydrogens (primary N) is 1. The molecule has 1 aromatic carbocycles. The summed E-state index contributed by atoms with van der Waals surface area (Å²) in [5, 5.41) is 27.0. The number of carbonyl (C=O) groups excluding carboxylic acids is 3. The van der Waals surface area contributed by atoms with E-state index in [0.29, 0.717) is 5.56 Å². The number of thiol groups is 1. The molecular formula is C20H27N5O6S. The summed E-state index contributed by atoms with van der Waals surface area (Å²) in [6.45, 7) is 0.657. The Morgan fingerprint density at radius 2 is 1.62 bits per heavy atom. The number of aliphatic hydroxyl groups is 1. The molecule has 2 rings (SSSR count). The van der Waals surface area contributed by atoms with E-state index >= 15 is 0 Å². The van der Waals surface area contributed by atoms with E-state index in [1.54, 1.807) is 6.20 Å². The van der Waals surface area contributed by atoms with Gasteiger partial charge in [-0.15, -0.1) is 0 Å². The minimum Gasteiger partial charge on any atom is -0.480 e. The first-order valence-electron chi connectivity index (χ1n) is 9.84. The molecule has 8 N–H and O–H groups in total. The van der Waals surface area contributed by atoms with Crippen molar-refractivity contribution in [3.8, 4) is 0 Å². The van der Waals surface area contributed by atoms with Crippen LogP contribution in [0.25, 0.3) is 10.9 Å². The fourth-order valence-electron chi connectivity index (χ4n) is 2.96. The number of benzene rings is 1. The highest BCUT2D eigenvalue weighted by atomic mass is 32.1. The molecule has 12 heteroatoms. The number of aliphatic hydroxyl groups excluding tert-OH is 1. The van der Waals surface area contributed by atoms with Gasteiger partial charge in [-0.3, -0.25) is 14.4 Å². The number of H-pyrrole nitrogens is 1. The number of para-hydroxylation sites is 1. The van der Waals surface area contributed by atoms with Gasteiger partial charge in [-0.05, 0) is 18.6 Å². The number of nitrogens with one attached hydrogen (secondary N) is 4. The van der Waals surface area contributed by atoms with Crippen molar-refractivity contribution in [1.29, 1.82) is 0 Å². The standard InChI is InChI=1S/C20H27N5O6S/c1-10(21)17(27)25-16(9-32)19(29)24-15(8-26)18(28)23-14(20(30)31)6-11-7-22-13-5-3-2-4-12(11)13/h2-5,7,10,14-16,22,26,32H,6,8-9,21H2,1H3,(H,23,28)(H,24,29)(H,25,27)(H,30,31). The Morgan fingerprint density at radius 1 is 1.03 bits per heavy atom. The predicted molar refractivity (Wildman–Crippen MR) is 120 cm³/mol. The van der Waals surface area contributed by atoms with Crippen LogP contribution in [0.4, 0.5) is 0 Å². The number of carbonyl (C=O) groups is 4. The smallest absolute Gasteiger partial charge is 0.326 e. The van der Waals surface area contributed by atoms with Crippen molar-refractivity contribution in [1.82, 2.24) is 20.9 Å². The number of carboxylic acid groups (broad SMARTS) is 1. The van der Waals surface area contributed by atoms with Gasteiger partial charge in [-0.2, -0.15) is 12.6 Å². The van der Waals surface area contributed by atoms with E-state index < -0.39 is 54.5 Å². The van der Waals surface area contributed by atoms with Gasteiger partial charge in [0.15, 0.2) is 0 Å². The molecule has 174 valence electrons. The Hall–Kier alpha value is -3.09. The zero-order valence-electron chi connectivity index (χ0n) is 17.4. The van der Waals surface area contributed by atoms with Crippen molar-refractivity contribution in [3.05, 3.63) is 36.0 Å². The molecule has 0 saturated carbocycles. The van der Waals surface area contributed by atoms with Gasteiger partial charge in [-0.1, -0.05) is 18.2 Å². The number of rotatable bonds is 11. The molecule has 1 heterocycles. The first kappa shape index (κ1) is 25.2. The third kappa shape index (κ3) is 6.45. The molecule has 0 saturated heterocycles. The lowest BCUT2D eigenvalue weighted by atomic mass is 10.0. The highest BCUT2D eigenvalue weighted by Crippen LogP contribution is 2.19. The maximum absolute atomic E-state index is 12.6. The Bertz CT molecular complexity index is 978. The van der Waals surface area contributed by atoms with Gasteiger partial charge in [0.2, 0.25) is 17.7 Å². The summed E-state index contributed by atoms with van der Waals surface area (Å²) in [5.41, 5.74) is 6.97. The third-order valence-electron chi connectivity index (χ3n) is 4.76. The summed E-state index contributed by atoms with van der Waals surface area (Å²) in [6, 6.07) is 2.63. The minimum absolute atomic E-state index is 0.0130. The van der Waals surface area contributed by atoms with Crippen molar-refractivity contribution in [2.45, 2.75) is 37.5 Å². The first-order chi connectivity index (χ1) is 15.2. The largest absolute Gasteiger partial charge is 0.480 e. The SMILES string of the molecule is CC(N)C(=O)NC(CS)C(=O)NC(CO)C(=O)NC(Cc1c[nH]c2ccccc12)C(=O)O. The molecule has 0 aliphatic carbocycles. The minimum atomic E-state index is -1.43. The molecule has 2 aromatic rings. The maximum Gasteiger partial charge on any atom is 0.326 e. The van der Waals surface area contributed by atoms with Crippen LogP contribution in [0, 0.1) is 0 Å². The van der Waals surface area contributed by atoms with E-state index in [-0.39, 0.29) is 12.2 Å². The molecule has 4 unspecified atom stereocenters. The van der Waals surface area contributed by atoms with Gasteiger partial charge >= 0.3 is 5.97 Å². The van der Waals surface area contributed by atoms with Gasteiger partial charge in [-0.25, -0.2) is 4.79 Å². The first-order valence-corrected chi connectivity index (χ1v) is 10.5. The molecule has 32 heavy (non-hydrogen) atoms. The average molecular weight is 466 g/mol. The number of hydrogen-bond donors (Lipinski definition) is 8. The van der Waals surface area contributed by atoms with Crippen LogP contribution in [0.5, 0.6) is 0 Å². The summed E-state index contributed by atoms with van der Waals surface area (Å²) < 4.78 is 0. The number of carboxylic acids is 1. The normalized spacial score (nSPS) is 14.8. The zero-order valence-corrected chi connectivity index (χ0v) is 18.3. The van der Waals surface area contributed by atoms with E-state index in [0.717, 1.165) is 10.9 Å². The quantitative estimate of drug-likeness (QED) is 0.186. The van der Waals surface area contributed by atoms with Gasteiger partial charge in [0, 0.05) is 29.3 Å². The topological polar surface area (TPSA) is 187 Å². The Kier molecular flexibility index (Phi) is 9.05. The molecule has 4 atom stereocenters. The molecule has 11 nitrogen and oxygen atoms in total. The second kappa shape index (κ2) is 11.5. The molecule has 0 fully saturated rings. The van der Waals surface area contributed by atoms with Crippen molar-refractivity contribution < 1.29 is 29.4 Å². The monoisotopic (exact) mass is 465 g/mol. The van der Waals surface area contributed by atoms with Crippen LogP contribution >= 0.6 is 12.6 Å². The van der Waals surface area contributed by atoms with Crippen LogP contribution in [0.2, 0.25) is 0 Å². The lowest BCUT2D eigenvalue weighted by molar-refractivity contribution is -0.142. The van der Waals surface area contributed by atoms with Gasteiger partial charge < -0.3 is 36.9 Å². The maximum atomic E-state index is 12.6. The van der Waals surface area contributed by atoms with E-state index in [2.05, 4.69) is 33.6 Å². The summed E-state index contributed by atoms with van der Waals surface area (Å²) in [4.78, 5) is 51.5. The summed E-state index contributed by atoms with van der Waals surface area (Å²) >= 11 is 4.00. The Labute approximate surface area is 189 Å². The second-order valence-corrected chi connectivity index (χ2v) is 7.60. The van der Waals surface area contributed by atoms with Crippen molar-refractivity contribution in [2.24, 2.45) is 5.73 Å². The lowest BCUT2D eigenvalue weighted by Crippen LogP contribution is -2.58. The summed E-state index contributed by atoms with van der Waals surface area (Å²) in [6.07, 6.45) is 1.65. The number of hydrogen-bond acceptors (Lipinski definition) is 7. The molecule has 0 bridgehead atoms. The van der Waals surface area contributed by atoms with E-state index in [1.807, 2.05) is 24.3 Å². The van der Waals surface area contributed by atoms with E-state index in [1.165, 1.54) is 6.92 Å². The van der Waals surface area contributed by atoms with Crippen LogP contribution in [-0.2, 0) is 25.6 Å². The number of fused-ring (bicyclic) bond motifs is 1. The molecule has 0 radical (unpaired) electrons. The highest BCUT2D eigenvalue weighted by molar-refractivity contribution is 7.80. The van der Waals surface area contributed by atoms with Crippen molar-refractivity contribution >= 4 is 47.2 Å². The van der Waals surface area contributed by atoms with Crippen LogP contribution < -0.4 is 21.7 Å². The molecule has 1 aromatic heterocycles. The summed E-state index contributed by atoms with van der Waals surface area (Å²) in [7, 11) is 0. The van der Waals surface area contributed by atoms with Crippen LogP contribution in [-0.4, -0.2) is 75.4 Å². The van der Waals surface area contributed by atoms with Crippen molar-refractivity contribution in [3.63, 3.8) is 0 Å². The van der Waals surface area contributed by atoms with Gasteiger partial charge in [0.05, 0.1) is 12.6 Å². The highest BCUT2D eigenvalue weighted by Gasteiger charge is 2.29. The predicted octanol–water partition coefficient (Wildman–Crippen LogP) is -1.48. The van der Waals surface area contributed by atoms with Gasteiger partial charge in [0.1, 0.15) is 18.1 Å². The summed E-state index contributed by atoms with van der Waals surface area (Å²) in [5.74, 6) is -3.60. The third-order valence-corrected chi connectivity index (χ3v) is 5.12. The fraction of sp³-hybridized carbons (Fsp3) is 0.400. The molecule has 0 spiro atoms. The number of aromatic amines is 1. The van der Waals surface area contributed by atoms with Gasteiger partial charge in [0.25, 0.3) is 0 Å². The second-order valence-electron chi connectivity index (χ2n) is 7.24. The molecule has 3 amide bonds. The number of amides is 3. The Morgan fingerprint density at radius 3 is 2.22 bits per heavy atom. The lowest BCUT2D eigenvalue weighted by Gasteiger charge is -2.23. The molecule has 0 aliphatic heterocycles. The van der Waals surface area contributed by atoms with Crippen LogP contribution in [0.1, 0.15) is 12.5 Å². The van der Waals surface area contributed by atoms with E-state index in [9.17, 15) is 29.4 Å². The van der Waals surface area contributed by atoms with Crippen LogP contribution in [0.15, 0.2) is 30.5 Å². The van der Waals surface area contributed by atoms with Crippen molar-refractivity contribution in [2.75, 3.05) is 12.4 Å².